The van der Waals surface area contributed by atoms with E-state index in [2.05, 4.69) is 51.6 Å². The first-order valence-electron chi connectivity index (χ1n) is 24.6. The number of aliphatic imine (C=N–C) groups is 1. The van der Waals surface area contributed by atoms with Crippen molar-refractivity contribution in [1.29, 1.82) is 0 Å². The number of pyridine rings is 1. The molecule has 2 aromatic carbocycles. The van der Waals surface area contributed by atoms with Gasteiger partial charge in [-0.1, -0.05) is 56.6 Å². The lowest BCUT2D eigenvalue weighted by Crippen LogP contribution is -2.49. The number of benzene rings is 2. The minimum atomic E-state index is -0.625. The van der Waals surface area contributed by atoms with E-state index in [1.807, 2.05) is 117 Å². The summed E-state index contributed by atoms with van der Waals surface area (Å²) < 4.78 is 12.1. The van der Waals surface area contributed by atoms with Gasteiger partial charge in [-0.05, 0) is 99.9 Å². The van der Waals surface area contributed by atoms with Crippen molar-refractivity contribution in [2.75, 3.05) is 6.54 Å². The maximum absolute atomic E-state index is 14.5. The smallest absolute Gasteiger partial charge is 0.248 e. The molecule has 1 aliphatic carbocycles. The summed E-state index contributed by atoms with van der Waals surface area (Å²) in [5.74, 6) is 2.34. The van der Waals surface area contributed by atoms with E-state index in [9.17, 15) is 14.4 Å². The molecule has 16 nitrogen and oxygen atoms in total. The standard InChI is InChI=1S/C54H59ClN12O4S/c1-29(2)50(53(70)65-27-30(3)21-45(65)52(69)59-32(5)36-11-15-42(16-12-36)64-20-19-56-34(64)7)66-28-39(26-58-66)38-17-18-57-47(22-38)71-43-23-41(24-43)60-46(68)25-44-51-63-62-35(8)67(51)54-48(31(4)33(6)72-54)49(61-44)37-9-13-40(55)14-10-37/h9-20,22,26,28-30,32,41,43-45,50H,21,23-25,27H2,1-8H3,(H,59,69)(H,60,68)/t30-,32+,41?,43?,44+,45+,50+/m1/s1. The fourth-order valence-electron chi connectivity index (χ4n) is 10.2. The van der Waals surface area contributed by atoms with Crippen molar-refractivity contribution in [3.63, 3.8) is 0 Å². The number of rotatable bonds is 14. The molecule has 1 saturated heterocycles. The molecule has 2 aliphatic heterocycles. The minimum Gasteiger partial charge on any atom is -0.474 e. The molecular formula is C54H59ClN12O4S. The molecule has 5 atom stereocenters. The third kappa shape index (κ3) is 9.59. The molecule has 2 fully saturated rings. The number of amides is 3. The summed E-state index contributed by atoms with van der Waals surface area (Å²) in [6, 6.07) is 17.3. The zero-order valence-electron chi connectivity index (χ0n) is 41.7. The molecule has 0 bridgehead atoms. The Kier molecular flexibility index (Phi) is 13.4. The van der Waals surface area contributed by atoms with Crippen molar-refractivity contribution in [1.82, 2.24) is 54.6 Å². The van der Waals surface area contributed by atoms with Gasteiger partial charge in [-0.2, -0.15) is 5.10 Å². The topological polar surface area (TPSA) is 179 Å². The van der Waals surface area contributed by atoms with Crippen molar-refractivity contribution in [3.8, 4) is 27.7 Å². The molecule has 3 amide bonds. The molecule has 10 rings (SSSR count). The summed E-state index contributed by atoms with van der Waals surface area (Å²) in [4.78, 5) is 59.2. The zero-order chi connectivity index (χ0) is 50.5. The minimum absolute atomic E-state index is 0.0748. The van der Waals surface area contributed by atoms with Crippen molar-refractivity contribution in [2.45, 2.75) is 117 Å². The van der Waals surface area contributed by atoms with Crippen molar-refractivity contribution in [2.24, 2.45) is 16.8 Å². The van der Waals surface area contributed by atoms with E-state index < -0.39 is 18.1 Å². The normalized spacial score (nSPS) is 20.2. The highest BCUT2D eigenvalue weighted by molar-refractivity contribution is 7.15. The number of hydrogen-bond acceptors (Lipinski definition) is 11. The number of fused-ring (bicyclic) bond motifs is 3. The summed E-state index contributed by atoms with van der Waals surface area (Å²) in [6.45, 7) is 16.6. The summed E-state index contributed by atoms with van der Waals surface area (Å²) in [6.07, 6.45) is 10.8. The van der Waals surface area contributed by atoms with Crippen LogP contribution in [0.2, 0.25) is 5.02 Å². The number of carbonyl (C=O) groups is 3. The Labute approximate surface area is 427 Å². The quantitative estimate of drug-likeness (QED) is 0.108. The Balaban J connectivity index is 0.762. The molecule has 372 valence electrons. The highest BCUT2D eigenvalue weighted by atomic mass is 35.5. The van der Waals surface area contributed by atoms with Crippen LogP contribution >= 0.6 is 22.9 Å². The average Bonchev–Trinajstić information content (AvgIpc) is 4.19. The lowest BCUT2D eigenvalue weighted by molar-refractivity contribution is -0.142. The van der Waals surface area contributed by atoms with Crippen LogP contribution in [0.5, 0.6) is 5.88 Å². The number of carbonyl (C=O) groups excluding carboxylic acids is 3. The van der Waals surface area contributed by atoms with Gasteiger partial charge in [0.15, 0.2) is 5.82 Å². The highest BCUT2D eigenvalue weighted by Gasteiger charge is 2.42. The van der Waals surface area contributed by atoms with Gasteiger partial charge in [-0.3, -0.25) is 28.6 Å². The number of nitrogens with zero attached hydrogens (tertiary/aromatic N) is 10. The number of imidazole rings is 1. The zero-order valence-corrected chi connectivity index (χ0v) is 43.3. The summed E-state index contributed by atoms with van der Waals surface area (Å²) in [5.41, 5.74) is 7.47. The molecule has 7 aromatic rings. The molecule has 0 unspecified atom stereocenters. The molecule has 5 aromatic heterocycles. The second-order valence-corrected chi connectivity index (χ2v) is 21.5. The number of likely N-dealkylation sites (tertiary alicyclic amines) is 1. The maximum atomic E-state index is 14.5. The third-order valence-electron chi connectivity index (χ3n) is 14.3. The predicted molar refractivity (Wildman–Crippen MR) is 277 cm³/mol. The van der Waals surface area contributed by atoms with Crippen LogP contribution in [-0.4, -0.2) is 92.1 Å². The van der Waals surface area contributed by atoms with Gasteiger partial charge in [0.05, 0.1) is 24.4 Å². The van der Waals surface area contributed by atoms with Crippen LogP contribution < -0.4 is 15.4 Å². The van der Waals surface area contributed by atoms with Crippen molar-refractivity contribution >= 4 is 46.4 Å². The highest BCUT2D eigenvalue weighted by Crippen LogP contribution is 2.40. The van der Waals surface area contributed by atoms with Crippen LogP contribution in [0.4, 0.5) is 0 Å². The Bertz CT molecular complexity index is 3180. The molecule has 2 N–H and O–H groups in total. The first kappa shape index (κ1) is 48.6. The van der Waals surface area contributed by atoms with Gasteiger partial charge in [0, 0.05) is 88.6 Å². The van der Waals surface area contributed by atoms with Crippen LogP contribution in [0.15, 0.2) is 96.6 Å². The second kappa shape index (κ2) is 19.9. The lowest BCUT2D eigenvalue weighted by Gasteiger charge is -2.35. The third-order valence-corrected chi connectivity index (χ3v) is 15.7. The monoisotopic (exact) mass is 1010 g/mol. The average molecular weight is 1010 g/mol. The van der Waals surface area contributed by atoms with E-state index in [0.29, 0.717) is 42.5 Å². The number of nitrogens with one attached hydrogen (secondary N) is 2. The van der Waals surface area contributed by atoms with Gasteiger partial charge < -0.3 is 24.8 Å². The van der Waals surface area contributed by atoms with Gasteiger partial charge in [-0.15, -0.1) is 21.5 Å². The van der Waals surface area contributed by atoms with E-state index in [1.165, 1.54) is 4.88 Å². The van der Waals surface area contributed by atoms with Gasteiger partial charge in [-0.25, -0.2) is 9.97 Å². The number of aryl methyl sites for hydroxylation is 3. The molecule has 3 aliphatic rings. The molecule has 1 saturated carbocycles. The molecular weight excluding hydrogens is 948 g/mol. The Morgan fingerprint density at radius 2 is 1.65 bits per heavy atom. The number of halogens is 1. The fraction of sp³-hybridized carbons (Fsp3) is 0.389. The molecule has 7 heterocycles. The number of aromatic nitrogens is 8. The van der Waals surface area contributed by atoms with E-state index in [4.69, 9.17) is 26.4 Å². The van der Waals surface area contributed by atoms with Gasteiger partial charge >= 0.3 is 0 Å². The maximum Gasteiger partial charge on any atom is 0.248 e. The molecule has 0 radical (unpaired) electrons. The van der Waals surface area contributed by atoms with Crippen molar-refractivity contribution < 1.29 is 19.1 Å². The van der Waals surface area contributed by atoms with Gasteiger partial charge in [0.25, 0.3) is 0 Å². The Morgan fingerprint density at radius 1 is 0.889 bits per heavy atom. The second-order valence-electron chi connectivity index (χ2n) is 19.9. The SMILES string of the molecule is Cc1sc2c(c1C)C(c1ccc(Cl)cc1)=N[C@@H](CC(=O)NC1CC(Oc3cc(-c4cnn([C@H](C(=O)N5C[C@H](C)C[C@H]5C(=O)N[C@@H](C)c5ccc(-n6ccnc6C)cc5)C(C)C)c4)ccn3)C1)c1nnc(C)n1-2. The van der Waals surface area contributed by atoms with Gasteiger partial charge in [0.1, 0.15) is 40.9 Å². The van der Waals surface area contributed by atoms with Crippen LogP contribution in [0.1, 0.15) is 116 Å². The molecule has 72 heavy (non-hydrogen) atoms. The van der Waals surface area contributed by atoms with E-state index in [0.717, 1.165) is 61.4 Å². The van der Waals surface area contributed by atoms with Crippen LogP contribution in [0, 0.1) is 39.5 Å². The van der Waals surface area contributed by atoms with E-state index in [-0.39, 0.29) is 54.2 Å². The summed E-state index contributed by atoms with van der Waals surface area (Å²) in [5, 5.41) is 21.7. The predicted octanol–water partition coefficient (Wildman–Crippen LogP) is 8.98. The Morgan fingerprint density at radius 3 is 2.38 bits per heavy atom. The fourth-order valence-corrected chi connectivity index (χ4v) is 11.6. The number of hydrogen-bond donors (Lipinski definition) is 2. The van der Waals surface area contributed by atoms with Crippen molar-refractivity contribution in [3.05, 3.63) is 141 Å². The molecule has 0 spiro atoms. The van der Waals surface area contributed by atoms with Crippen LogP contribution in [-0.2, 0) is 14.4 Å². The lowest BCUT2D eigenvalue weighted by atomic mass is 9.89. The van der Waals surface area contributed by atoms with E-state index in [1.54, 1.807) is 39.5 Å². The summed E-state index contributed by atoms with van der Waals surface area (Å²) >= 11 is 7.96. The first-order chi connectivity index (χ1) is 34.6. The largest absolute Gasteiger partial charge is 0.474 e. The molecule has 18 heteroatoms. The number of ether oxygens (including phenoxy) is 1. The Hall–Kier alpha value is -6.98. The van der Waals surface area contributed by atoms with E-state index >= 15 is 0 Å². The van der Waals surface area contributed by atoms with Crippen LogP contribution in [0.3, 0.4) is 0 Å². The summed E-state index contributed by atoms with van der Waals surface area (Å²) in [7, 11) is 0. The first-order valence-corrected chi connectivity index (χ1v) is 25.8. The van der Waals surface area contributed by atoms with Crippen LogP contribution in [0.25, 0.3) is 21.8 Å². The van der Waals surface area contributed by atoms with Gasteiger partial charge in [0.2, 0.25) is 23.6 Å². The number of thiophene rings is 1.